The lowest BCUT2D eigenvalue weighted by Gasteiger charge is -2.03. The molecule has 0 fully saturated rings. The summed E-state index contributed by atoms with van der Waals surface area (Å²) in [5, 5.41) is 0. The van der Waals surface area contributed by atoms with Crippen LogP contribution in [0.1, 0.15) is 5.69 Å². The molecule has 1 aliphatic rings. The topological polar surface area (TPSA) is 74.7 Å². The van der Waals surface area contributed by atoms with Crippen LogP contribution in [-0.4, -0.2) is 21.2 Å². The normalized spacial score (nSPS) is 13.1. The van der Waals surface area contributed by atoms with E-state index >= 15 is 0 Å². The van der Waals surface area contributed by atoms with Crippen LogP contribution in [0.3, 0.4) is 0 Å². The zero-order valence-electron chi connectivity index (χ0n) is 10.6. The van der Waals surface area contributed by atoms with Gasteiger partial charge in [0.15, 0.2) is 11.5 Å². The molecule has 0 spiro atoms. The lowest BCUT2D eigenvalue weighted by atomic mass is 10.1. The Kier molecular flexibility index (Phi) is 2.37. The van der Waals surface area contributed by atoms with Gasteiger partial charge in [-0.15, -0.1) is 0 Å². The monoisotopic (exact) mass is 268 g/mol. The predicted octanol–water partition coefficient (Wildman–Crippen LogP) is 1.58. The van der Waals surface area contributed by atoms with Gasteiger partial charge in [-0.05, 0) is 24.3 Å². The molecule has 3 aromatic rings. The van der Waals surface area contributed by atoms with Gasteiger partial charge < -0.3 is 15.2 Å². The second kappa shape index (κ2) is 4.21. The molecule has 0 saturated heterocycles. The number of rotatable bonds is 2. The van der Waals surface area contributed by atoms with Gasteiger partial charge in [-0.25, -0.2) is 9.97 Å². The Hall–Kier alpha value is -2.60. The molecule has 6 heteroatoms. The summed E-state index contributed by atoms with van der Waals surface area (Å²) in [7, 11) is 0. The van der Waals surface area contributed by atoms with Crippen LogP contribution in [0.2, 0.25) is 0 Å². The van der Waals surface area contributed by atoms with Gasteiger partial charge in [-0.1, -0.05) is 0 Å². The van der Waals surface area contributed by atoms with Crippen molar-refractivity contribution in [2.75, 3.05) is 6.79 Å². The zero-order valence-corrected chi connectivity index (χ0v) is 10.6. The van der Waals surface area contributed by atoms with E-state index in [1.165, 1.54) is 0 Å². The van der Waals surface area contributed by atoms with Crippen molar-refractivity contribution in [2.45, 2.75) is 6.54 Å². The van der Waals surface area contributed by atoms with E-state index in [-0.39, 0.29) is 6.79 Å². The second-order valence-corrected chi connectivity index (χ2v) is 4.47. The Morgan fingerprint density at radius 1 is 1.25 bits per heavy atom. The molecule has 0 atom stereocenters. The lowest BCUT2D eigenvalue weighted by Crippen LogP contribution is -2.02. The van der Waals surface area contributed by atoms with Crippen molar-refractivity contribution in [2.24, 2.45) is 5.73 Å². The molecule has 1 aliphatic heterocycles. The maximum absolute atomic E-state index is 5.87. The van der Waals surface area contributed by atoms with Gasteiger partial charge in [-0.3, -0.25) is 4.40 Å². The molecule has 0 amide bonds. The number of nitrogens with two attached hydrogens (primary N) is 1. The van der Waals surface area contributed by atoms with Crippen LogP contribution in [-0.2, 0) is 6.54 Å². The third kappa shape index (κ3) is 1.55. The quantitative estimate of drug-likeness (QED) is 0.763. The van der Waals surface area contributed by atoms with E-state index in [2.05, 4.69) is 9.97 Å². The minimum absolute atomic E-state index is 0.259. The molecular formula is C14H12N4O2. The largest absolute Gasteiger partial charge is 0.454 e. The molecule has 20 heavy (non-hydrogen) atoms. The first-order chi connectivity index (χ1) is 9.86. The van der Waals surface area contributed by atoms with Crippen LogP contribution in [0, 0.1) is 0 Å². The first kappa shape index (κ1) is 11.2. The van der Waals surface area contributed by atoms with Crippen molar-refractivity contribution in [1.82, 2.24) is 14.4 Å². The number of hydrogen-bond acceptors (Lipinski definition) is 5. The summed E-state index contributed by atoms with van der Waals surface area (Å²) in [5.74, 6) is 2.13. The number of ether oxygens (including phenoxy) is 2. The number of fused-ring (bicyclic) bond motifs is 2. The number of aromatic nitrogens is 3. The highest BCUT2D eigenvalue weighted by molar-refractivity contribution is 5.68. The Morgan fingerprint density at radius 2 is 2.15 bits per heavy atom. The summed E-state index contributed by atoms with van der Waals surface area (Å²) < 4.78 is 12.6. The summed E-state index contributed by atoms with van der Waals surface area (Å²) in [4.78, 5) is 8.80. The van der Waals surface area contributed by atoms with Gasteiger partial charge in [-0.2, -0.15) is 0 Å². The highest BCUT2D eigenvalue weighted by Gasteiger charge is 2.18. The van der Waals surface area contributed by atoms with Crippen molar-refractivity contribution >= 4 is 5.78 Å². The van der Waals surface area contributed by atoms with E-state index in [9.17, 15) is 0 Å². The van der Waals surface area contributed by atoms with Crippen molar-refractivity contribution in [1.29, 1.82) is 0 Å². The van der Waals surface area contributed by atoms with E-state index in [1.807, 2.05) is 34.9 Å². The highest BCUT2D eigenvalue weighted by Crippen LogP contribution is 2.36. The molecule has 6 nitrogen and oxygen atoms in total. The molecule has 4 rings (SSSR count). The fraction of sp³-hybridized carbons (Fsp3) is 0.143. The standard InChI is InChI=1S/C14H12N4O2/c15-7-10-13(17-14-16-4-1-5-18(10)14)9-2-3-11-12(6-9)20-8-19-11/h1-6H,7-8,15H2. The van der Waals surface area contributed by atoms with Gasteiger partial charge >= 0.3 is 0 Å². The first-order valence-corrected chi connectivity index (χ1v) is 6.29. The lowest BCUT2D eigenvalue weighted by molar-refractivity contribution is 0.174. The van der Waals surface area contributed by atoms with Crippen LogP contribution >= 0.6 is 0 Å². The highest BCUT2D eigenvalue weighted by atomic mass is 16.7. The Bertz CT molecular complexity index is 797. The van der Waals surface area contributed by atoms with Crippen molar-refractivity contribution in [3.63, 3.8) is 0 Å². The van der Waals surface area contributed by atoms with E-state index in [0.29, 0.717) is 12.3 Å². The molecule has 0 unspecified atom stereocenters. The molecule has 2 N–H and O–H groups in total. The Labute approximate surface area is 114 Å². The molecule has 100 valence electrons. The SMILES string of the molecule is NCc1c(-c2ccc3c(c2)OCO3)nc2ncccn12. The number of hydrogen-bond donors (Lipinski definition) is 1. The summed E-state index contributed by atoms with van der Waals surface area (Å²) in [6.07, 6.45) is 3.63. The smallest absolute Gasteiger partial charge is 0.234 e. The second-order valence-electron chi connectivity index (χ2n) is 4.47. The Morgan fingerprint density at radius 3 is 3.05 bits per heavy atom. The zero-order chi connectivity index (χ0) is 13.5. The predicted molar refractivity (Wildman–Crippen MR) is 72.4 cm³/mol. The van der Waals surface area contributed by atoms with Crippen LogP contribution in [0.15, 0.2) is 36.7 Å². The minimum atomic E-state index is 0.259. The van der Waals surface area contributed by atoms with Gasteiger partial charge in [0.05, 0.1) is 11.4 Å². The third-order valence-corrected chi connectivity index (χ3v) is 3.34. The molecule has 0 aliphatic carbocycles. The number of imidazole rings is 1. The van der Waals surface area contributed by atoms with Crippen molar-refractivity contribution < 1.29 is 9.47 Å². The van der Waals surface area contributed by atoms with Gasteiger partial charge in [0, 0.05) is 24.5 Å². The average Bonchev–Trinajstić information content (AvgIpc) is 3.10. The fourth-order valence-corrected chi connectivity index (χ4v) is 2.41. The Balaban J connectivity index is 1.93. The minimum Gasteiger partial charge on any atom is -0.454 e. The summed E-state index contributed by atoms with van der Waals surface area (Å²) in [6.45, 7) is 0.645. The maximum atomic E-state index is 5.87. The van der Waals surface area contributed by atoms with E-state index in [1.54, 1.807) is 6.20 Å². The van der Waals surface area contributed by atoms with Crippen LogP contribution < -0.4 is 15.2 Å². The van der Waals surface area contributed by atoms with Gasteiger partial charge in [0.1, 0.15) is 0 Å². The number of benzene rings is 1. The van der Waals surface area contributed by atoms with Crippen LogP contribution in [0.25, 0.3) is 17.0 Å². The maximum Gasteiger partial charge on any atom is 0.234 e. The molecule has 0 bridgehead atoms. The van der Waals surface area contributed by atoms with Crippen LogP contribution in [0.5, 0.6) is 11.5 Å². The molecule has 2 aromatic heterocycles. The molecule has 3 heterocycles. The summed E-state index contributed by atoms with van der Waals surface area (Å²) in [6, 6.07) is 7.62. The first-order valence-electron chi connectivity index (χ1n) is 6.29. The van der Waals surface area contributed by atoms with Crippen molar-refractivity contribution in [3.8, 4) is 22.8 Å². The van der Waals surface area contributed by atoms with E-state index in [0.717, 1.165) is 28.5 Å². The van der Waals surface area contributed by atoms with Crippen LogP contribution in [0.4, 0.5) is 0 Å². The summed E-state index contributed by atoms with van der Waals surface area (Å²) in [5.41, 5.74) is 8.56. The summed E-state index contributed by atoms with van der Waals surface area (Å²) >= 11 is 0. The van der Waals surface area contributed by atoms with Gasteiger partial charge in [0.2, 0.25) is 12.6 Å². The molecule has 1 aromatic carbocycles. The van der Waals surface area contributed by atoms with E-state index < -0.39 is 0 Å². The number of nitrogens with zero attached hydrogens (tertiary/aromatic N) is 3. The molecular weight excluding hydrogens is 256 g/mol. The van der Waals surface area contributed by atoms with E-state index in [4.69, 9.17) is 15.2 Å². The van der Waals surface area contributed by atoms with Gasteiger partial charge in [0.25, 0.3) is 0 Å². The third-order valence-electron chi connectivity index (χ3n) is 3.34. The fourth-order valence-electron chi connectivity index (χ4n) is 2.41. The average molecular weight is 268 g/mol. The van der Waals surface area contributed by atoms with Crippen molar-refractivity contribution in [3.05, 3.63) is 42.4 Å². The molecule has 0 radical (unpaired) electrons. The molecule has 0 saturated carbocycles.